The number of hydrogen-bond donors (Lipinski definition) is 1. The van der Waals surface area contributed by atoms with Gasteiger partial charge in [-0.05, 0) is 86.9 Å². The molecule has 0 radical (unpaired) electrons. The van der Waals surface area contributed by atoms with Crippen molar-refractivity contribution in [2.75, 3.05) is 18.0 Å². The number of aromatic nitrogens is 2. The molecule has 3 atom stereocenters. The quantitative estimate of drug-likeness (QED) is 0.334. The summed E-state index contributed by atoms with van der Waals surface area (Å²) in [6, 6.07) is 12.6. The predicted octanol–water partition coefficient (Wildman–Crippen LogP) is 3.96. The monoisotopic (exact) mass is 740 g/mol. The van der Waals surface area contributed by atoms with E-state index in [9.17, 15) is 19.2 Å². The summed E-state index contributed by atoms with van der Waals surface area (Å²) in [6.07, 6.45) is 4.51. The van der Waals surface area contributed by atoms with Crippen molar-refractivity contribution < 1.29 is 28.3 Å². The zero-order chi connectivity index (χ0) is 37.0. The lowest BCUT2D eigenvalue weighted by Gasteiger charge is -2.41. The summed E-state index contributed by atoms with van der Waals surface area (Å²) in [7, 11) is 0. The van der Waals surface area contributed by atoms with E-state index in [0.29, 0.717) is 78.6 Å². The average Bonchev–Trinajstić information content (AvgIpc) is 3.60. The van der Waals surface area contributed by atoms with Gasteiger partial charge < -0.3 is 20.3 Å². The van der Waals surface area contributed by atoms with Crippen molar-refractivity contribution in [1.29, 1.82) is 5.26 Å². The van der Waals surface area contributed by atoms with Gasteiger partial charge in [-0.25, -0.2) is 4.39 Å². The van der Waals surface area contributed by atoms with Crippen molar-refractivity contribution in [3.8, 4) is 11.8 Å². The number of carbonyl (C=O) groups excluding carboxylic acids is 4. The first kappa shape index (κ1) is 34.9. The Labute approximate surface area is 310 Å². The van der Waals surface area contributed by atoms with E-state index in [2.05, 4.69) is 20.0 Å². The summed E-state index contributed by atoms with van der Waals surface area (Å²) < 4.78 is 21.7. The Hall–Kier alpha value is -5.13. The van der Waals surface area contributed by atoms with Gasteiger partial charge in [-0.2, -0.15) is 5.26 Å². The van der Waals surface area contributed by atoms with Crippen LogP contribution in [0.2, 0.25) is 5.02 Å². The molecule has 13 nitrogen and oxygen atoms in total. The molecule has 4 amide bonds. The Morgan fingerprint density at radius 1 is 0.962 bits per heavy atom. The lowest BCUT2D eigenvalue weighted by molar-refractivity contribution is -0.156. The summed E-state index contributed by atoms with van der Waals surface area (Å²) in [6.45, 7) is 1.92. The van der Waals surface area contributed by atoms with Crippen molar-refractivity contribution in [2.45, 2.75) is 94.7 Å². The highest BCUT2D eigenvalue weighted by molar-refractivity contribution is 6.31. The maximum Gasteiger partial charge on any atom is 0.269 e. The van der Waals surface area contributed by atoms with Crippen LogP contribution in [0.5, 0.6) is 5.75 Å². The molecule has 2 bridgehead atoms. The topological polar surface area (TPSA) is 166 Å². The normalized spacial score (nSPS) is 25.8. The number of primary amides is 1. The molecule has 4 fully saturated rings. The molecule has 5 heterocycles. The molecule has 53 heavy (non-hydrogen) atoms. The lowest BCUT2D eigenvalue weighted by atomic mass is 9.89. The number of nitriles is 1. The Morgan fingerprint density at radius 2 is 1.70 bits per heavy atom. The Bertz CT molecular complexity index is 2020. The Kier molecular flexibility index (Phi) is 9.24. The fourth-order valence-corrected chi connectivity index (χ4v) is 9.06. The number of fused-ring (bicyclic) bond motifs is 3. The van der Waals surface area contributed by atoms with Crippen LogP contribution in [0.1, 0.15) is 88.9 Å². The van der Waals surface area contributed by atoms with E-state index in [4.69, 9.17) is 27.3 Å². The molecule has 0 spiro atoms. The van der Waals surface area contributed by atoms with E-state index >= 15 is 4.39 Å². The molecule has 3 aromatic rings. The number of piperidine rings is 1. The summed E-state index contributed by atoms with van der Waals surface area (Å²) in [5.74, 6) is -0.861. The van der Waals surface area contributed by atoms with Gasteiger partial charge in [0.1, 0.15) is 23.7 Å². The molecular formula is C38H38ClFN8O5. The Balaban J connectivity index is 0.900. The van der Waals surface area contributed by atoms with Crippen molar-refractivity contribution in [3.63, 3.8) is 0 Å². The molecule has 1 saturated carbocycles. The van der Waals surface area contributed by atoms with Gasteiger partial charge in [0.2, 0.25) is 5.91 Å². The third kappa shape index (κ3) is 6.57. The standard InChI is InChI=1S/C38H38ClFN8O5/c39-30-14-28(6-1-21(30)16-41)53-27-7-4-24(5-8-27)48-35(49)12-10-33(38(48)52)46-18-22-13-23(31(40)15-29(22)37(46)51)17-45-19-25-2-3-26(20-45)47(25)34-11-9-32(36(42)50)43-44-34/h1,6,9,11,13-15,24-27,33H,2-5,7-8,10,12,17-20H2,(H2,42,50)/t24?,25-,26-,27?,33-/m1/s1. The number of benzene rings is 2. The molecule has 0 unspecified atom stereocenters. The van der Waals surface area contributed by atoms with E-state index in [0.717, 1.165) is 12.8 Å². The van der Waals surface area contributed by atoms with Crippen molar-refractivity contribution in [3.05, 3.63) is 81.3 Å². The second-order valence-corrected chi connectivity index (χ2v) is 15.0. The number of likely N-dealkylation sites (tertiary alicyclic amines) is 2. The van der Waals surface area contributed by atoms with Crippen molar-refractivity contribution in [2.24, 2.45) is 5.73 Å². The van der Waals surface area contributed by atoms with Gasteiger partial charge >= 0.3 is 0 Å². The molecule has 1 aliphatic carbocycles. The molecule has 8 rings (SSSR count). The third-order valence-corrected chi connectivity index (χ3v) is 11.7. The van der Waals surface area contributed by atoms with Crippen LogP contribution in [0.4, 0.5) is 10.2 Å². The highest BCUT2D eigenvalue weighted by atomic mass is 35.5. The number of piperazine rings is 1. The van der Waals surface area contributed by atoms with Crippen molar-refractivity contribution >= 4 is 41.0 Å². The molecule has 2 N–H and O–H groups in total. The zero-order valence-electron chi connectivity index (χ0n) is 28.9. The zero-order valence-corrected chi connectivity index (χ0v) is 29.7. The number of halogens is 2. The highest BCUT2D eigenvalue weighted by Crippen LogP contribution is 2.37. The SMILES string of the molecule is N#Cc1ccc(OC2CCC(N3C(=O)CC[C@@H](N4Cc5cc(CN6C[C@H]7CC[C@H](C6)N7c6ccc(C(N)=O)nn6)c(F)cc5C4=O)C3=O)CC2)cc1Cl. The van der Waals surface area contributed by atoms with E-state index in [1.165, 1.54) is 15.9 Å². The van der Waals surface area contributed by atoms with Crippen LogP contribution in [-0.2, 0) is 22.7 Å². The number of anilines is 1. The van der Waals surface area contributed by atoms with Crippen LogP contribution in [0.25, 0.3) is 0 Å². The van der Waals surface area contributed by atoms with Gasteiger partial charge in [0.25, 0.3) is 17.7 Å². The average molecular weight is 741 g/mol. The van der Waals surface area contributed by atoms with Gasteiger partial charge in [-0.1, -0.05) is 11.6 Å². The van der Waals surface area contributed by atoms with Gasteiger partial charge in [0.05, 0.1) is 16.7 Å². The Morgan fingerprint density at radius 3 is 2.36 bits per heavy atom. The van der Waals surface area contributed by atoms with Crippen LogP contribution in [-0.4, -0.2) is 91.9 Å². The maximum absolute atomic E-state index is 15.6. The minimum Gasteiger partial charge on any atom is -0.490 e. The molecule has 2 aromatic carbocycles. The number of imide groups is 1. The highest BCUT2D eigenvalue weighted by Gasteiger charge is 2.46. The minimum atomic E-state index is -0.808. The first-order chi connectivity index (χ1) is 25.6. The number of carbonyl (C=O) groups is 4. The third-order valence-electron chi connectivity index (χ3n) is 11.4. The van der Waals surface area contributed by atoms with Gasteiger partial charge in [0, 0.05) is 67.9 Å². The fraction of sp³-hybridized carbons (Fsp3) is 0.447. The first-order valence-corrected chi connectivity index (χ1v) is 18.4. The molecule has 15 heteroatoms. The van der Waals surface area contributed by atoms with Crippen LogP contribution in [0, 0.1) is 17.1 Å². The number of nitrogens with zero attached hydrogens (tertiary/aromatic N) is 7. The van der Waals surface area contributed by atoms with Gasteiger partial charge in [-0.3, -0.25) is 29.0 Å². The first-order valence-electron chi connectivity index (χ1n) is 18.1. The largest absolute Gasteiger partial charge is 0.490 e. The maximum atomic E-state index is 15.6. The summed E-state index contributed by atoms with van der Waals surface area (Å²) in [5.41, 5.74) is 7.22. The number of nitrogens with two attached hydrogens (primary N) is 1. The van der Waals surface area contributed by atoms with Gasteiger partial charge in [-0.15, -0.1) is 10.2 Å². The van der Waals surface area contributed by atoms with Crippen molar-refractivity contribution in [1.82, 2.24) is 24.9 Å². The predicted molar refractivity (Wildman–Crippen MR) is 189 cm³/mol. The molecule has 3 saturated heterocycles. The molecule has 1 aromatic heterocycles. The number of hydrogen-bond acceptors (Lipinski definition) is 10. The summed E-state index contributed by atoms with van der Waals surface area (Å²) in [4.78, 5) is 59.5. The van der Waals surface area contributed by atoms with E-state index in [1.807, 2.05) is 6.07 Å². The van der Waals surface area contributed by atoms with Crippen LogP contribution in [0.15, 0.2) is 42.5 Å². The van der Waals surface area contributed by atoms with Crippen LogP contribution >= 0.6 is 11.6 Å². The van der Waals surface area contributed by atoms with E-state index < -0.39 is 23.7 Å². The molecule has 274 valence electrons. The van der Waals surface area contributed by atoms with Crippen LogP contribution in [0.3, 0.4) is 0 Å². The number of amides is 4. The van der Waals surface area contributed by atoms with Crippen LogP contribution < -0.4 is 15.4 Å². The number of rotatable bonds is 8. The number of ether oxygens (including phenoxy) is 1. The second-order valence-electron chi connectivity index (χ2n) is 14.6. The van der Waals surface area contributed by atoms with E-state index in [1.54, 1.807) is 36.4 Å². The minimum absolute atomic E-state index is 0.111. The molecule has 4 aliphatic heterocycles. The summed E-state index contributed by atoms with van der Waals surface area (Å²) >= 11 is 6.16. The fourth-order valence-electron chi connectivity index (χ4n) is 8.84. The lowest BCUT2D eigenvalue weighted by Crippen LogP contribution is -2.58. The van der Waals surface area contributed by atoms with E-state index in [-0.39, 0.29) is 66.7 Å². The van der Waals surface area contributed by atoms with Gasteiger partial charge in [0.15, 0.2) is 11.5 Å². The molecule has 5 aliphatic rings. The molecular weight excluding hydrogens is 703 g/mol. The smallest absolute Gasteiger partial charge is 0.269 e. The second kappa shape index (κ2) is 14.0. The summed E-state index contributed by atoms with van der Waals surface area (Å²) in [5, 5.41) is 17.7.